The number of hydrogen-bond acceptors (Lipinski definition) is 10. The molecule has 1 saturated heterocycles. The number of imidazole rings is 1. The van der Waals surface area contributed by atoms with Crippen LogP contribution in [0.15, 0.2) is 61.2 Å². The molecule has 1 aliphatic heterocycles. The van der Waals surface area contributed by atoms with E-state index >= 15 is 0 Å². The van der Waals surface area contributed by atoms with E-state index in [9.17, 15) is 25.5 Å². The predicted molar refractivity (Wildman–Crippen MR) is 142 cm³/mol. The van der Waals surface area contributed by atoms with Crippen LogP contribution < -0.4 is 5.32 Å². The average molecular weight is 530 g/mol. The van der Waals surface area contributed by atoms with Gasteiger partial charge in [0.25, 0.3) is 0 Å². The van der Waals surface area contributed by atoms with Gasteiger partial charge in [0, 0.05) is 6.42 Å². The number of hydrogen-bond donors (Lipinski definition) is 6. The van der Waals surface area contributed by atoms with E-state index in [1.807, 2.05) is 36.4 Å². The van der Waals surface area contributed by atoms with E-state index in [1.165, 1.54) is 12.7 Å². The number of nitrogens with zero attached hydrogens (tertiary/aromatic N) is 4. The molecule has 0 spiro atoms. The minimum atomic E-state index is -1.42. The topological polar surface area (TPSA) is 166 Å². The summed E-state index contributed by atoms with van der Waals surface area (Å²) >= 11 is 0. The first-order valence-corrected chi connectivity index (χ1v) is 12.8. The van der Waals surface area contributed by atoms with Gasteiger partial charge in [0.05, 0.1) is 25.1 Å². The van der Waals surface area contributed by atoms with Crippen LogP contribution in [0, 0.1) is 0 Å². The first kappa shape index (κ1) is 24.3. The summed E-state index contributed by atoms with van der Waals surface area (Å²) in [5.74, 6) is 0.326. The van der Waals surface area contributed by atoms with Crippen LogP contribution in [0.25, 0.3) is 32.7 Å². The van der Waals surface area contributed by atoms with Crippen molar-refractivity contribution in [1.29, 1.82) is 0 Å². The van der Waals surface area contributed by atoms with Crippen molar-refractivity contribution >= 4 is 38.5 Å². The average Bonchev–Trinajstić information content (AvgIpc) is 3.56. The highest BCUT2D eigenvalue weighted by atomic mass is 16.5. The molecule has 200 valence electrons. The number of aliphatic hydroxyl groups excluding tert-OH is 5. The van der Waals surface area contributed by atoms with Gasteiger partial charge < -0.3 is 35.6 Å². The van der Waals surface area contributed by atoms with Gasteiger partial charge in [-0.3, -0.25) is 4.57 Å². The molecule has 2 aliphatic rings. The van der Waals surface area contributed by atoms with E-state index in [0.717, 1.165) is 21.5 Å². The maximum absolute atomic E-state index is 11.2. The summed E-state index contributed by atoms with van der Waals surface area (Å²) in [6.45, 7) is -0.303. The monoisotopic (exact) mass is 529 g/mol. The number of aliphatic hydroxyl groups is 5. The quantitative estimate of drug-likeness (QED) is 0.189. The van der Waals surface area contributed by atoms with Gasteiger partial charge in [0.15, 0.2) is 17.0 Å². The summed E-state index contributed by atoms with van der Waals surface area (Å²) in [6.07, 6.45) is -2.97. The lowest BCUT2D eigenvalue weighted by atomic mass is 9.79. The molecule has 1 fully saturated rings. The molecule has 0 radical (unpaired) electrons. The lowest BCUT2D eigenvalue weighted by Gasteiger charge is -2.38. The molecule has 11 nitrogen and oxygen atoms in total. The molecule has 3 aromatic carbocycles. The third-order valence-corrected chi connectivity index (χ3v) is 7.95. The predicted octanol–water partition coefficient (Wildman–Crippen LogP) is 1.70. The van der Waals surface area contributed by atoms with Crippen LogP contribution in [0.5, 0.6) is 0 Å². The van der Waals surface area contributed by atoms with Gasteiger partial charge in [-0.2, -0.15) is 0 Å². The van der Waals surface area contributed by atoms with Crippen molar-refractivity contribution in [3.05, 3.63) is 72.3 Å². The smallest absolute Gasteiger partial charge is 0.167 e. The van der Waals surface area contributed by atoms with Gasteiger partial charge in [-0.05, 0) is 44.8 Å². The second-order valence-corrected chi connectivity index (χ2v) is 10.2. The first-order valence-electron chi connectivity index (χ1n) is 12.8. The zero-order valence-corrected chi connectivity index (χ0v) is 20.7. The summed E-state index contributed by atoms with van der Waals surface area (Å²) in [5.41, 5.74) is 2.04. The Morgan fingerprint density at radius 2 is 1.72 bits per heavy atom. The molecule has 39 heavy (non-hydrogen) atoms. The molecule has 7 atom stereocenters. The van der Waals surface area contributed by atoms with E-state index in [2.05, 4.69) is 26.3 Å². The highest BCUT2D eigenvalue weighted by molar-refractivity contribution is 6.00. The Bertz CT molecular complexity index is 1710. The molecule has 0 saturated carbocycles. The lowest BCUT2D eigenvalue weighted by molar-refractivity contribution is -0.0766. The van der Waals surface area contributed by atoms with Crippen LogP contribution in [0.4, 0.5) is 5.82 Å². The molecule has 5 aromatic rings. The molecule has 0 bridgehead atoms. The van der Waals surface area contributed by atoms with Crippen molar-refractivity contribution < 1.29 is 30.3 Å². The number of ether oxygens (including phenoxy) is 1. The van der Waals surface area contributed by atoms with Gasteiger partial charge >= 0.3 is 0 Å². The van der Waals surface area contributed by atoms with Gasteiger partial charge in [-0.1, -0.05) is 36.4 Å². The second-order valence-electron chi connectivity index (χ2n) is 10.2. The molecular weight excluding hydrogens is 502 g/mol. The van der Waals surface area contributed by atoms with Crippen LogP contribution in [-0.2, 0) is 4.74 Å². The first-order chi connectivity index (χ1) is 18.9. The Morgan fingerprint density at radius 3 is 2.49 bits per heavy atom. The summed E-state index contributed by atoms with van der Waals surface area (Å²) < 4.78 is 7.45. The highest BCUT2D eigenvalue weighted by Crippen LogP contribution is 2.43. The van der Waals surface area contributed by atoms with Crippen LogP contribution >= 0.6 is 0 Å². The van der Waals surface area contributed by atoms with Crippen molar-refractivity contribution in [2.45, 2.75) is 49.2 Å². The molecule has 6 N–H and O–H groups in total. The van der Waals surface area contributed by atoms with Crippen LogP contribution in [0.2, 0.25) is 0 Å². The van der Waals surface area contributed by atoms with Crippen LogP contribution in [0.1, 0.15) is 35.9 Å². The van der Waals surface area contributed by atoms with Crippen molar-refractivity contribution in [3.63, 3.8) is 0 Å². The fraction of sp³-hybridized carbons (Fsp3) is 0.321. The fourth-order valence-corrected chi connectivity index (χ4v) is 5.92. The highest BCUT2D eigenvalue weighted by Gasteiger charge is 2.42. The standard InChI is InChI=1S/C28H27N5O6/c34-10-19-18(35)9-20(39-19)33-12-31-23-27(29-11-30-28(23)33)32-22-21-16(24(36)26(38)25(22)37)6-5-15-7-13-3-1-2-4-14(13)8-17(15)21/h1-8,11-12,18-20,22,24-26,34-38H,9-10H2,(H,29,30,32)/t18-,19+,20+,22-,24+,25-,26-/m0/s1. The fourth-order valence-electron chi connectivity index (χ4n) is 5.92. The Hall–Kier alpha value is -3.71. The SMILES string of the molecule is OC[C@H]1O[C@@H](n2cnc3c(N[C@H]4c5c(ccc6cc7ccccc7cc56)[C@@H](O)[C@H](O)[C@H]4O)ncnc32)C[C@@H]1O. The van der Waals surface area contributed by atoms with E-state index in [1.54, 1.807) is 10.6 Å². The summed E-state index contributed by atoms with van der Waals surface area (Å²) in [7, 11) is 0. The third kappa shape index (κ3) is 3.78. The van der Waals surface area contributed by atoms with E-state index < -0.39 is 42.8 Å². The van der Waals surface area contributed by atoms with Gasteiger partial charge in [0.1, 0.15) is 37.0 Å². The molecule has 11 heteroatoms. The second kappa shape index (κ2) is 9.19. The molecule has 1 aliphatic carbocycles. The Labute approximate surface area is 222 Å². The largest absolute Gasteiger partial charge is 0.394 e. The lowest BCUT2D eigenvalue weighted by Crippen LogP contribution is -2.44. The molecule has 2 aromatic heterocycles. The number of rotatable bonds is 4. The number of nitrogens with one attached hydrogen (secondary N) is 1. The molecule has 0 amide bonds. The number of aromatic nitrogens is 4. The van der Waals surface area contributed by atoms with E-state index in [4.69, 9.17) is 4.74 Å². The molecule has 0 unspecified atom stereocenters. The number of fused-ring (bicyclic) bond motifs is 5. The maximum Gasteiger partial charge on any atom is 0.167 e. The minimum Gasteiger partial charge on any atom is -0.394 e. The minimum absolute atomic E-state index is 0.266. The van der Waals surface area contributed by atoms with E-state index in [0.29, 0.717) is 28.1 Å². The number of benzene rings is 3. The summed E-state index contributed by atoms with van der Waals surface area (Å²) in [5, 5.41) is 59.6. The number of anilines is 1. The molecular formula is C28H27N5O6. The molecule has 7 rings (SSSR count). The van der Waals surface area contributed by atoms with Crippen LogP contribution in [-0.4, -0.2) is 76.1 Å². The Balaban J connectivity index is 1.34. The Kier molecular flexibility index (Phi) is 5.74. The molecule has 3 heterocycles. The van der Waals surface area contributed by atoms with Crippen molar-refractivity contribution in [1.82, 2.24) is 19.5 Å². The zero-order chi connectivity index (χ0) is 26.8. The summed E-state index contributed by atoms with van der Waals surface area (Å²) in [4.78, 5) is 13.2. The Morgan fingerprint density at radius 1 is 0.923 bits per heavy atom. The van der Waals surface area contributed by atoms with Crippen molar-refractivity contribution in [3.8, 4) is 0 Å². The van der Waals surface area contributed by atoms with Gasteiger partial charge in [-0.15, -0.1) is 0 Å². The van der Waals surface area contributed by atoms with Crippen LogP contribution in [0.3, 0.4) is 0 Å². The van der Waals surface area contributed by atoms with Gasteiger partial charge in [0.2, 0.25) is 0 Å². The van der Waals surface area contributed by atoms with Crippen molar-refractivity contribution in [2.24, 2.45) is 0 Å². The summed E-state index contributed by atoms with van der Waals surface area (Å²) in [6, 6.07) is 14.9. The van der Waals surface area contributed by atoms with Gasteiger partial charge in [-0.25, -0.2) is 15.0 Å². The van der Waals surface area contributed by atoms with E-state index in [-0.39, 0.29) is 13.0 Å². The third-order valence-electron chi connectivity index (χ3n) is 7.95. The van der Waals surface area contributed by atoms with Crippen molar-refractivity contribution in [2.75, 3.05) is 11.9 Å². The maximum atomic E-state index is 11.2. The normalized spacial score (nSPS) is 28.8. The zero-order valence-electron chi connectivity index (χ0n) is 20.7.